The predicted molar refractivity (Wildman–Crippen MR) is 94.3 cm³/mol. The van der Waals surface area contributed by atoms with Crippen molar-refractivity contribution in [1.29, 1.82) is 0 Å². The molecule has 1 aromatic carbocycles. The van der Waals surface area contributed by atoms with E-state index >= 15 is 0 Å². The molecule has 0 aliphatic rings. The van der Waals surface area contributed by atoms with Gasteiger partial charge in [-0.2, -0.15) is 4.68 Å². The van der Waals surface area contributed by atoms with Gasteiger partial charge < -0.3 is 4.74 Å². The molecule has 0 atom stereocenters. The van der Waals surface area contributed by atoms with E-state index in [9.17, 15) is 4.79 Å². The summed E-state index contributed by atoms with van der Waals surface area (Å²) >= 11 is 2.61. The highest BCUT2D eigenvalue weighted by molar-refractivity contribution is 7.99. The zero-order valence-electron chi connectivity index (χ0n) is 13.5. The minimum Gasteiger partial charge on any atom is -0.497 e. The van der Waals surface area contributed by atoms with E-state index in [1.807, 2.05) is 31.2 Å². The molecule has 0 saturated heterocycles. The Morgan fingerprint density at radius 3 is 2.76 bits per heavy atom. The average Bonchev–Trinajstić information content (AvgIpc) is 3.29. The highest BCUT2D eigenvalue weighted by Gasteiger charge is 2.13. The van der Waals surface area contributed by atoms with Gasteiger partial charge in [0.2, 0.25) is 16.2 Å². The van der Waals surface area contributed by atoms with Gasteiger partial charge in [-0.15, -0.1) is 15.3 Å². The summed E-state index contributed by atoms with van der Waals surface area (Å²) in [4.78, 5) is 12.0. The average molecular weight is 377 g/mol. The van der Waals surface area contributed by atoms with Crippen LogP contribution >= 0.6 is 23.1 Å². The summed E-state index contributed by atoms with van der Waals surface area (Å²) in [5, 5.41) is 24.1. The summed E-state index contributed by atoms with van der Waals surface area (Å²) in [6, 6.07) is 7.32. The standard InChI is InChI=1S/C14H15N7O2S2/c1-3-12-16-17-13(25-12)15-11(22)8-24-14-18-19-20-21(14)9-4-6-10(23-2)7-5-9/h4-7H,3,8H2,1-2H3,(H,15,17,22). The van der Waals surface area contributed by atoms with Crippen molar-refractivity contribution in [2.45, 2.75) is 18.5 Å². The van der Waals surface area contributed by atoms with Crippen molar-refractivity contribution in [3.05, 3.63) is 29.3 Å². The first-order chi connectivity index (χ1) is 12.2. The zero-order valence-corrected chi connectivity index (χ0v) is 15.2. The first-order valence-electron chi connectivity index (χ1n) is 7.37. The maximum Gasteiger partial charge on any atom is 0.236 e. The third kappa shape index (κ3) is 4.31. The molecule has 0 aliphatic carbocycles. The third-order valence-corrected chi connectivity index (χ3v) is 5.01. The van der Waals surface area contributed by atoms with Gasteiger partial charge >= 0.3 is 0 Å². The summed E-state index contributed by atoms with van der Waals surface area (Å²) < 4.78 is 6.70. The summed E-state index contributed by atoms with van der Waals surface area (Å²) in [7, 11) is 1.60. The lowest BCUT2D eigenvalue weighted by Crippen LogP contribution is -2.14. The van der Waals surface area contributed by atoms with Crippen LogP contribution in [0.1, 0.15) is 11.9 Å². The van der Waals surface area contributed by atoms with Gasteiger partial charge in [-0.1, -0.05) is 30.0 Å². The van der Waals surface area contributed by atoms with Crippen molar-refractivity contribution in [3.8, 4) is 11.4 Å². The summed E-state index contributed by atoms with van der Waals surface area (Å²) in [6.07, 6.45) is 0.791. The largest absolute Gasteiger partial charge is 0.497 e. The number of benzene rings is 1. The van der Waals surface area contributed by atoms with Crippen molar-refractivity contribution < 1.29 is 9.53 Å². The molecule has 0 fully saturated rings. The van der Waals surface area contributed by atoms with Crippen molar-refractivity contribution in [2.75, 3.05) is 18.2 Å². The Balaban J connectivity index is 1.61. The molecule has 3 aromatic rings. The quantitative estimate of drug-likeness (QED) is 0.621. The van der Waals surface area contributed by atoms with E-state index in [1.54, 1.807) is 11.8 Å². The van der Waals surface area contributed by atoms with Crippen LogP contribution in [0, 0.1) is 0 Å². The predicted octanol–water partition coefficient (Wildman–Crippen LogP) is 1.82. The third-order valence-electron chi connectivity index (χ3n) is 3.11. The number of ether oxygens (including phenoxy) is 1. The molecule has 9 nitrogen and oxygen atoms in total. The van der Waals surface area contributed by atoms with Crippen LogP contribution in [0.5, 0.6) is 5.75 Å². The van der Waals surface area contributed by atoms with E-state index in [0.29, 0.717) is 10.3 Å². The fourth-order valence-electron chi connectivity index (χ4n) is 1.89. The van der Waals surface area contributed by atoms with Gasteiger partial charge in [0.15, 0.2) is 0 Å². The fourth-order valence-corrected chi connectivity index (χ4v) is 3.27. The van der Waals surface area contributed by atoms with Gasteiger partial charge in [0.1, 0.15) is 10.8 Å². The number of aromatic nitrogens is 6. The molecule has 2 heterocycles. The van der Waals surface area contributed by atoms with Crippen LogP contribution in [0.4, 0.5) is 5.13 Å². The monoisotopic (exact) mass is 377 g/mol. The van der Waals surface area contributed by atoms with Gasteiger partial charge in [0.25, 0.3) is 0 Å². The molecular formula is C14H15N7O2S2. The van der Waals surface area contributed by atoms with Crippen molar-refractivity contribution >= 4 is 34.1 Å². The van der Waals surface area contributed by atoms with Crippen LogP contribution < -0.4 is 10.1 Å². The normalized spacial score (nSPS) is 10.6. The Morgan fingerprint density at radius 1 is 1.28 bits per heavy atom. The molecule has 25 heavy (non-hydrogen) atoms. The number of hydrogen-bond acceptors (Lipinski definition) is 9. The lowest BCUT2D eigenvalue weighted by Gasteiger charge is -2.05. The topological polar surface area (TPSA) is 108 Å². The maximum absolute atomic E-state index is 12.0. The maximum atomic E-state index is 12.0. The lowest BCUT2D eigenvalue weighted by molar-refractivity contribution is -0.113. The highest BCUT2D eigenvalue weighted by atomic mass is 32.2. The van der Waals surface area contributed by atoms with Crippen LogP contribution in [0.25, 0.3) is 5.69 Å². The minimum atomic E-state index is -0.187. The van der Waals surface area contributed by atoms with Gasteiger partial charge in [-0.05, 0) is 41.1 Å². The van der Waals surface area contributed by atoms with Crippen LogP contribution in [0.3, 0.4) is 0 Å². The van der Waals surface area contributed by atoms with Crippen LogP contribution in [0.15, 0.2) is 29.4 Å². The zero-order chi connectivity index (χ0) is 17.6. The van der Waals surface area contributed by atoms with Crippen LogP contribution in [0.2, 0.25) is 0 Å². The first kappa shape index (κ1) is 17.3. The lowest BCUT2D eigenvalue weighted by atomic mass is 10.3. The number of carbonyl (C=O) groups excluding carboxylic acids is 1. The van der Waals surface area contributed by atoms with Gasteiger partial charge in [0, 0.05) is 0 Å². The number of methoxy groups -OCH3 is 1. The first-order valence-corrected chi connectivity index (χ1v) is 9.17. The molecule has 0 saturated carbocycles. The van der Waals surface area contributed by atoms with E-state index in [1.165, 1.54) is 23.1 Å². The Bertz CT molecular complexity index is 847. The number of nitrogens with zero attached hydrogens (tertiary/aromatic N) is 6. The van der Waals surface area contributed by atoms with E-state index < -0.39 is 0 Å². The molecule has 1 N–H and O–H groups in total. The van der Waals surface area contributed by atoms with Crippen LogP contribution in [-0.4, -0.2) is 49.2 Å². The van der Waals surface area contributed by atoms with E-state index in [4.69, 9.17) is 4.74 Å². The number of tetrazole rings is 1. The Morgan fingerprint density at radius 2 is 2.08 bits per heavy atom. The number of thioether (sulfide) groups is 1. The Labute approximate surface area is 151 Å². The molecule has 130 valence electrons. The SMILES string of the molecule is CCc1nnc(NC(=O)CSc2nnnn2-c2ccc(OC)cc2)s1. The molecule has 0 bridgehead atoms. The molecule has 0 aliphatic heterocycles. The number of nitrogens with one attached hydrogen (secondary N) is 1. The van der Waals surface area contributed by atoms with Gasteiger partial charge in [-0.25, -0.2) is 0 Å². The summed E-state index contributed by atoms with van der Waals surface area (Å²) in [5.41, 5.74) is 0.783. The van der Waals surface area contributed by atoms with Gasteiger partial charge in [0.05, 0.1) is 18.6 Å². The second kappa shape index (κ2) is 8.03. The van der Waals surface area contributed by atoms with Crippen molar-refractivity contribution in [3.63, 3.8) is 0 Å². The molecular weight excluding hydrogens is 362 g/mol. The number of rotatable bonds is 7. The summed E-state index contributed by atoms with van der Waals surface area (Å²) in [6.45, 7) is 1.99. The number of amides is 1. The second-order valence-corrected chi connectivity index (χ2v) is 6.77. The fraction of sp³-hybridized carbons (Fsp3) is 0.286. The number of anilines is 1. The highest BCUT2D eigenvalue weighted by Crippen LogP contribution is 2.21. The molecule has 0 spiro atoms. The number of aryl methyl sites for hydroxylation is 1. The number of carbonyl (C=O) groups is 1. The van der Waals surface area contributed by atoms with Crippen LogP contribution in [-0.2, 0) is 11.2 Å². The minimum absolute atomic E-state index is 0.164. The molecule has 3 rings (SSSR count). The Hall–Kier alpha value is -2.53. The van der Waals surface area contributed by atoms with E-state index in [0.717, 1.165) is 22.9 Å². The Kier molecular flexibility index (Phi) is 5.56. The smallest absolute Gasteiger partial charge is 0.236 e. The van der Waals surface area contributed by atoms with E-state index in [-0.39, 0.29) is 11.7 Å². The summed E-state index contributed by atoms with van der Waals surface area (Å²) in [5.74, 6) is 0.722. The van der Waals surface area contributed by atoms with Crippen molar-refractivity contribution in [2.24, 2.45) is 0 Å². The van der Waals surface area contributed by atoms with Crippen molar-refractivity contribution in [1.82, 2.24) is 30.4 Å². The molecule has 11 heteroatoms. The molecule has 2 aromatic heterocycles. The van der Waals surface area contributed by atoms with E-state index in [2.05, 4.69) is 31.0 Å². The molecule has 0 radical (unpaired) electrons. The molecule has 0 unspecified atom stereocenters. The molecule has 1 amide bonds. The second-order valence-electron chi connectivity index (χ2n) is 4.76. The number of hydrogen-bond donors (Lipinski definition) is 1. The van der Waals surface area contributed by atoms with Gasteiger partial charge in [-0.3, -0.25) is 10.1 Å².